The van der Waals surface area contributed by atoms with Crippen molar-refractivity contribution >= 4 is 32.7 Å². The molecule has 0 saturated carbocycles. The Morgan fingerprint density at radius 3 is 2.88 bits per heavy atom. The van der Waals surface area contributed by atoms with Crippen LogP contribution in [-0.2, 0) is 4.74 Å². The van der Waals surface area contributed by atoms with E-state index in [-0.39, 0.29) is 6.03 Å². The minimum Gasteiger partial charge on any atom is -0.381 e. The maximum Gasteiger partial charge on any atom is 0.317 e. The van der Waals surface area contributed by atoms with Gasteiger partial charge < -0.3 is 19.9 Å². The average Bonchev–Trinajstić information content (AvgIpc) is 3.29. The van der Waals surface area contributed by atoms with Crippen LogP contribution in [0.25, 0.3) is 10.2 Å². The van der Waals surface area contributed by atoms with Gasteiger partial charge in [0.1, 0.15) is 0 Å². The number of hydrogen-bond acceptors (Lipinski definition) is 5. The van der Waals surface area contributed by atoms with Gasteiger partial charge in [-0.05, 0) is 18.6 Å². The van der Waals surface area contributed by atoms with Gasteiger partial charge in [0.2, 0.25) is 0 Å². The molecule has 0 spiro atoms. The number of nitrogens with zero attached hydrogens (tertiary/aromatic N) is 3. The van der Waals surface area contributed by atoms with Crippen LogP contribution in [0.5, 0.6) is 0 Å². The molecule has 4 rings (SSSR count). The molecule has 0 unspecified atom stereocenters. The van der Waals surface area contributed by atoms with E-state index < -0.39 is 0 Å². The number of benzene rings is 1. The van der Waals surface area contributed by atoms with Crippen molar-refractivity contribution in [1.82, 2.24) is 15.2 Å². The van der Waals surface area contributed by atoms with Crippen LogP contribution < -0.4 is 10.2 Å². The Hall–Kier alpha value is -1.86. The van der Waals surface area contributed by atoms with E-state index in [1.165, 1.54) is 4.70 Å². The number of ether oxygens (including phenoxy) is 1. The van der Waals surface area contributed by atoms with Crippen molar-refractivity contribution < 1.29 is 9.53 Å². The van der Waals surface area contributed by atoms with Crippen LogP contribution in [0, 0.1) is 5.92 Å². The lowest BCUT2D eigenvalue weighted by molar-refractivity contribution is 0.179. The van der Waals surface area contributed by atoms with E-state index in [1.54, 1.807) is 11.3 Å². The van der Waals surface area contributed by atoms with Gasteiger partial charge in [-0.25, -0.2) is 9.78 Å². The van der Waals surface area contributed by atoms with E-state index in [4.69, 9.17) is 9.72 Å². The molecule has 0 radical (unpaired) electrons. The van der Waals surface area contributed by atoms with Crippen LogP contribution in [-0.4, -0.2) is 61.9 Å². The molecule has 2 aliphatic rings. The van der Waals surface area contributed by atoms with Gasteiger partial charge in [0.05, 0.1) is 16.8 Å². The summed E-state index contributed by atoms with van der Waals surface area (Å²) >= 11 is 1.72. The molecule has 1 aromatic carbocycles. The number of amides is 2. The number of nitrogens with one attached hydrogen (secondary N) is 1. The Morgan fingerprint density at radius 2 is 2.12 bits per heavy atom. The van der Waals surface area contributed by atoms with Crippen molar-refractivity contribution in [3.63, 3.8) is 0 Å². The Labute approximate surface area is 145 Å². The molecular weight excluding hydrogens is 324 g/mol. The molecule has 2 saturated heterocycles. The zero-order valence-electron chi connectivity index (χ0n) is 13.6. The number of anilines is 1. The summed E-state index contributed by atoms with van der Waals surface area (Å²) in [6.07, 6.45) is 1.05. The summed E-state index contributed by atoms with van der Waals surface area (Å²) in [6, 6.07) is 8.26. The van der Waals surface area contributed by atoms with Crippen LogP contribution in [0.2, 0.25) is 0 Å². The SMILES string of the molecule is O=C(NC[C@@H]1CCOC1)N1CCN(c2nc3ccccc3s2)CC1. The number of urea groups is 1. The summed E-state index contributed by atoms with van der Waals surface area (Å²) in [5.41, 5.74) is 1.05. The number of rotatable bonds is 3. The number of hydrogen-bond donors (Lipinski definition) is 1. The quantitative estimate of drug-likeness (QED) is 0.925. The Bertz CT molecular complexity index is 672. The second-order valence-corrected chi connectivity index (χ2v) is 7.36. The number of thiazole rings is 1. The first-order valence-electron chi connectivity index (χ1n) is 8.50. The highest BCUT2D eigenvalue weighted by Crippen LogP contribution is 2.29. The van der Waals surface area contributed by atoms with Gasteiger partial charge in [-0.2, -0.15) is 0 Å². The predicted octanol–water partition coefficient (Wildman–Crippen LogP) is 2.16. The fraction of sp³-hybridized carbons (Fsp3) is 0.529. The molecule has 1 atom stereocenters. The first kappa shape index (κ1) is 15.7. The maximum atomic E-state index is 12.3. The van der Waals surface area contributed by atoms with Crippen molar-refractivity contribution in [3.05, 3.63) is 24.3 Å². The van der Waals surface area contributed by atoms with Gasteiger partial charge in [0.25, 0.3) is 0 Å². The van der Waals surface area contributed by atoms with Crippen molar-refractivity contribution in [1.29, 1.82) is 0 Å². The minimum atomic E-state index is 0.0471. The number of para-hydroxylation sites is 1. The van der Waals surface area contributed by atoms with E-state index in [9.17, 15) is 4.79 Å². The minimum absolute atomic E-state index is 0.0471. The van der Waals surface area contributed by atoms with Gasteiger partial charge in [0, 0.05) is 45.2 Å². The molecule has 7 heteroatoms. The van der Waals surface area contributed by atoms with Crippen LogP contribution in [0.1, 0.15) is 6.42 Å². The lowest BCUT2D eigenvalue weighted by Gasteiger charge is -2.34. The molecule has 128 valence electrons. The molecule has 24 heavy (non-hydrogen) atoms. The first-order chi connectivity index (χ1) is 11.8. The van der Waals surface area contributed by atoms with Crippen LogP contribution in [0.15, 0.2) is 24.3 Å². The smallest absolute Gasteiger partial charge is 0.317 e. The highest BCUT2D eigenvalue weighted by molar-refractivity contribution is 7.22. The normalized spacial score (nSPS) is 21.4. The first-order valence-corrected chi connectivity index (χ1v) is 9.32. The van der Waals surface area contributed by atoms with Crippen molar-refractivity contribution in [3.8, 4) is 0 Å². The molecule has 2 fully saturated rings. The zero-order valence-corrected chi connectivity index (χ0v) is 14.4. The molecule has 3 heterocycles. The monoisotopic (exact) mass is 346 g/mol. The molecule has 0 aliphatic carbocycles. The highest BCUT2D eigenvalue weighted by Gasteiger charge is 2.24. The van der Waals surface area contributed by atoms with Crippen molar-refractivity contribution in [2.45, 2.75) is 6.42 Å². The summed E-state index contributed by atoms with van der Waals surface area (Å²) in [4.78, 5) is 21.2. The fourth-order valence-electron chi connectivity index (χ4n) is 3.18. The number of carbonyl (C=O) groups excluding carboxylic acids is 1. The van der Waals surface area contributed by atoms with E-state index >= 15 is 0 Å². The average molecular weight is 346 g/mol. The van der Waals surface area contributed by atoms with Gasteiger partial charge in [-0.15, -0.1) is 0 Å². The largest absolute Gasteiger partial charge is 0.381 e. The lowest BCUT2D eigenvalue weighted by Crippen LogP contribution is -2.52. The predicted molar refractivity (Wildman–Crippen MR) is 95.7 cm³/mol. The number of fused-ring (bicyclic) bond motifs is 1. The molecule has 0 bridgehead atoms. The van der Waals surface area contributed by atoms with Crippen LogP contribution in [0.4, 0.5) is 9.93 Å². The van der Waals surface area contributed by atoms with E-state index in [2.05, 4.69) is 16.3 Å². The summed E-state index contributed by atoms with van der Waals surface area (Å²) in [5.74, 6) is 0.470. The van der Waals surface area contributed by atoms with Gasteiger partial charge in [-0.1, -0.05) is 23.5 Å². The summed E-state index contributed by atoms with van der Waals surface area (Å²) in [6.45, 7) is 5.45. The fourth-order valence-corrected chi connectivity index (χ4v) is 4.20. The molecule has 6 nitrogen and oxygen atoms in total. The van der Waals surface area contributed by atoms with E-state index in [0.29, 0.717) is 5.92 Å². The third kappa shape index (κ3) is 3.32. The topological polar surface area (TPSA) is 57.7 Å². The second kappa shape index (κ2) is 6.94. The van der Waals surface area contributed by atoms with Crippen LogP contribution >= 0.6 is 11.3 Å². The van der Waals surface area contributed by atoms with E-state index in [1.807, 2.05) is 23.1 Å². The Balaban J connectivity index is 1.30. The van der Waals surface area contributed by atoms with Crippen molar-refractivity contribution in [2.75, 3.05) is 50.8 Å². The summed E-state index contributed by atoms with van der Waals surface area (Å²) in [7, 11) is 0. The molecule has 2 aliphatic heterocycles. The van der Waals surface area contributed by atoms with E-state index in [0.717, 1.165) is 63.0 Å². The molecule has 2 amide bonds. The molecule has 1 aromatic heterocycles. The number of piperazine rings is 1. The lowest BCUT2D eigenvalue weighted by atomic mass is 10.1. The number of carbonyl (C=O) groups is 1. The Morgan fingerprint density at radius 1 is 1.29 bits per heavy atom. The maximum absolute atomic E-state index is 12.3. The van der Waals surface area contributed by atoms with Gasteiger partial charge in [-0.3, -0.25) is 0 Å². The summed E-state index contributed by atoms with van der Waals surface area (Å²) < 4.78 is 6.56. The van der Waals surface area contributed by atoms with Gasteiger partial charge in [0.15, 0.2) is 5.13 Å². The molecule has 2 aromatic rings. The third-order valence-electron chi connectivity index (χ3n) is 4.69. The Kier molecular flexibility index (Phi) is 4.53. The number of aromatic nitrogens is 1. The highest BCUT2D eigenvalue weighted by atomic mass is 32.1. The second-order valence-electron chi connectivity index (χ2n) is 6.35. The zero-order chi connectivity index (χ0) is 16.4. The summed E-state index contributed by atoms with van der Waals surface area (Å²) in [5, 5.41) is 4.10. The molecule has 1 N–H and O–H groups in total. The standard InChI is InChI=1S/C17H22N4O2S/c22-16(18-11-13-5-10-23-12-13)20-6-8-21(9-7-20)17-19-14-3-1-2-4-15(14)24-17/h1-4,13H,5-12H2,(H,18,22)/t13-/m0/s1. The van der Waals surface area contributed by atoms with Crippen LogP contribution in [0.3, 0.4) is 0 Å². The molecular formula is C17H22N4O2S. The van der Waals surface area contributed by atoms with Crippen molar-refractivity contribution in [2.24, 2.45) is 5.92 Å². The third-order valence-corrected chi connectivity index (χ3v) is 5.78. The van der Waals surface area contributed by atoms with Gasteiger partial charge >= 0.3 is 6.03 Å².